The number of methoxy groups -OCH3 is 1. The van der Waals surface area contributed by atoms with Gasteiger partial charge in [0.2, 0.25) is 0 Å². The Balaban J connectivity index is 1.30. The highest BCUT2D eigenvalue weighted by Crippen LogP contribution is 2.41. The van der Waals surface area contributed by atoms with Crippen molar-refractivity contribution in [2.24, 2.45) is 17.8 Å². The van der Waals surface area contributed by atoms with Crippen molar-refractivity contribution in [2.75, 3.05) is 72.9 Å². The number of carbonyl (C=O) groups excluding carboxylic acids is 3. The number of esters is 1. The van der Waals surface area contributed by atoms with Gasteiger partial charge in [0.05, 0.1) is 43.3 Å². The van der Waals surface area contributed by atoms with E-state index in [1.165, 1.54) is 0 Å². The van der Waals surface area contributed by atoms with Crippen molar-refractivity contribution in [1.82, 2.24) is 35.0 Å². The first kappa shape index (κ1) is 51.6. The molecule has 6 rings (SSSR count). The van der Waals surface area contributed by atoms with Gasteiger partial charge in [-0.1, -0.05) is 38.1 Å². The molecule has 4 N–H and O–H groups in total. The van der Waals surface area contributed by atoms with Crippen molar-refractivity contribution in [3.63, 3.8) is 0 Å². The predicted octanol–water partition coefficient (Wildman–Crippen LogP) is 3.99. The van der Waals surface area contributed by atoms with Gasteiger partial charge in [-0.2, -0.15) is 0 Å². The number of nitrogens with zero attached hydrogens (tertiary/aromatic N) is 6. The lowest BCUT2D eigenvalue weighted by molar-refractivity contribution is -0.295. The lowest BCUT2D eigenvalue weighted by atomic mass is 9.78. The maximum absolute atomic E-state index is 14.6. The minimum absolute atomic E-state index is 0.0417. The van der Waals surface area contributed by atoms with E-state index in [2.05, 4.69) is 27.5 Å². The molecule has 4 aliphatic heterocycles. The van der Waals surface area contributed by atoms with Gasteiger partial charge < -0.3 is 49.5 Å². The van der Waals surface area contributed by atoms with Crippen LogP contribution in [0.25, 0.3) is 11.3 Å². The summed E-state index contributed by atoms with van der Waals surface area (Å²) in [4.78, 5) is 49.4. The third-order valence-corrected chi connectivity index (χ3v) is 14.5. The number of cyclic esters (lactones) is 1. The van der Waals surface area contributed by atoms with Gasteiger partial charge in [0.15, 0.2) is 17.7 Å². The van der Waals surface area contributed by atoms with E-state index in [1.54, 1.807) is 25.6 Å². The average molecular weight is 927 g/mol. The number of aromatic nitrogens is 3. The number of aryl methyl sites for hydroxylation is 1. The van der Waals surface area contributed by atoms with Crippen LogP contribution < -0.4 is 11.1 Å². The predicted molar refractivity (Wildman–Crippen MR) is 248 cm³/mol. The number of ether oxygens (including phenoxy) is 6. The molecule has 3 unspecified atom stereocenters. The van der Waals surface area contributed by atoms with Crippen LogP contribution in [-0.2, 0) is 44.6 Å². The summed E-state index contributed by atoms with van der Waals surface area (Å²) in [7, 11) is 5.42. The van der Waals surface area contributed by atoms with Gasteiger partial charge in [-0.05, 0) is 111 Å². The Morgan fingerprint density at radius 1 is 1.05 bits per heavy atom. The molecule has 1 aromatic carbocycles. The third kappa shape index (κ3) is 11.9. The highest BCUT2D eigenvalue weighted by Gasteiger charge is 2.59. The van der Waals surface area contributed by atoms with Crippen molar-refractivity contribution in [2.45, 2.75) is 154 Å². The number of carbonyl (C=O) groups is 3. The number of nitrogens with one attached hydrogen (secondary N) is 1. The minimum Gasteiger partial charge on any atom is -0.458 e. The van der Waals surface area contributed by atoms with Crippen LogP contribution in [0, 0.1) is 17.8 Å². The van der Waals surface area contributed by atoms with Crippen LogP contribution in [-0.4, -0.2) is 180 Å². The molecule has 66 heavy (non-hydrogen) atoms. The normalized spacial score (nSPS) is 35.5. The number of anilines is 1. The Hall–Kier alpha value is -3.75. The summed E-state index contributed by atoms with van der Waals surface area (Å²) >= 11 is 0. The maximum Gasteiger partial charge on any atom is 0.410 e. The Morgan fingerprint density at radius 3 is 2.45 bits per heavy atom. The number of amides is 1. The van der Waals surface area contributed by atoms with Crippen LogP contribution in [0.5, 0.6) is 0 Å². The van der Waals surface area contributed by atoms with Crippen LogP contribution in [0.4, 0.5) is 10.5 Å². The Kier molecular flexibility index (Phi) is 17.7. The van der Waals surface area contributed by atoms with Crippen LogP contribution in [0.2, 0.25) is 0 Å². The molecule has 370 valence electrons. The van der Waals surface area contributed by atoms with Gasteiger partial charge in [0.1, 0.15) is 23.8 Å². The first-order chi connectivity index (χ1) is 31.4. The highest BCUT2D eigenvalue weighted by atomic mass is 16.7. The standard InChI is InChI=1S/C48H78N8O10/c1-11-39-48(7)42(56(46(60)66-48)19-13-12-18-55-29-37(51-52-55)34-15-14-16-35(49)26-34)36(17-20-54-21-23-62-24-22-54)50-28-30(2)27-47(6,61-10)43(32(4)40(57)33(5)44(59)64-39)65-45-41(58)38(53(8)9)25-31(3)63-45/h14-16,26,29-33,36,38-39,41-43,45,50,58H,11-13,17-25,27-28,49H2,1-10H3/t30-,31?,32+,33-,36-,38?,39-,41?,42-,43-,45+,47-,48-/m1/s1. The number of hydrogen-bond donors (Lipinski definition) is 3. The van der Waals surface area contributed by atoms with Crippen molar-refractivity contribution >= 4 is 23.5 Å². The topological polar surface area (TPSA) is 205 Å². The number of benzene rings is 1. The summed E-state index contributed by atoms with van der Waals surface area (Å²) in [6, 6.07) is 6.44. The molecule has 13 atom stereocenters. The van der Waals surface area contributed by atoms with E-state index in [4.69, 9.17) is 34.2 Å². The van der Waals surface area contributed by atoms with Crippen molar-refractivity contribution in [3.8, 4) is 11.3 Å². The van der Waals surface area contributed by atoms with Crippen molar-refractivity contribution in [1.29, 1.82) is 0 Å². The number of aliphatic hydroxyl groups is 1. The maximum atomic E-state index is 14.6. The van der Waals surface area contributed by atoms with E-state index in [1.807, 2.05) is 82.1 Å². The lowest BCUT2D eigenvalue weighted by Gasteiger charge is -2.46. The Bertz CT molecular complexity index is 1920. The molecular weight excluding hydrogens is 849 g/mol. The van der Waals surface area contributed by atoms with Gasteiger partial charge >= 0.3 is 12.1 Å². The molecule has 4 fully saturated rings. The summed E-state index contributed by atoms with van der Waals surface area (Å²) in [5, 5.41) is 24.2. The van der Waals surface area contributed by atoms with Crippen LogP contribution in [0.1, 0.15) is 87.0 Å². The molecule has 2 aromatic rings. The van der Waals surface area contributed by atoms with E-state index < -0.39 is 71.5 Å². The zero-order valence-electron chi connectivity index (χ0n) is 41.0. The second-order valence-corrected chi connectivity index (χ2v) is 19.8. The smallest absolute Gasteiger partial charge is 0.410 e. The van der Waals surface area contributed by atoms with Crippen molar-refractivity contribution in [3.05, 3.63) is 30.5 Å². The summed E-state index contributed by atoms with van der Waals surface area (Å²) in [6.07, 6.45) is 0.748. The quantitative estimate of drug-likeness (QED) is 0.106. The zero-order valence-corrected chi connectivity index (χ0v) is 41.0. The zero-order chi connectivity index (χ0) is 47.9. The summed E-state index contributed by atoms with van der Waals surface area (Å²) in [5.41, 5.74) is 5.92. The largest absolute Gasteiger partial charge is 0.458 e. The second kappa shape index (κ2) is 22.6. The van der Waals surface area contributed by atoms with Gasteiger partial charge in [-0.15, -0.1) is 5.10 Å². The van der Waals surface area contributed by atoms with Gasteiger partial charge in [-0.3, -0.25) is 24.1 Å². The number of hydrogen-bond acceptors (Lipinski definition) is 16. The number of morpholine rings is 1. The fraction of sp³-hybridized carbons (Fsp3) is 0.771. The molecule has 5 heterocycles. The molecule has 4 saturated heterocycles. The van der Waals surface area contributed by atoms with Crippen LogP contribution in [0.15, 0.2) is 30.5 Å². The van der Waals surface area contributed by atoms with Gasteiger partial charge in [-0.25, -0.2) is 4.79 Å². The molecule has 1 amide bonds. The Labute approximate surface area is 391 Å². The number of likely N-dealkylation sites (N-methyl/N-ethyl adjacent to an activating group) is 1. The van der Waals surface area contributed by atoms with Crippen LogP contribution >= 0.6 is 0 Å². The van der Waals surface area contributed by atoms with E-state index in [0.717, 1.165) is 30.9 Å². The fourth-order valence-electron chi connectivity index (χ4n) is 10.7. The summed E-state index contributed by atoms with van der Waals surface area (Å²) in [5.74, 6) is -3.22. The molecule has 1 aromatic heterocycles. The minimum atomic E-state index is -1.28. The monoisotopic (exact) mass is 927 g/mol. The molecule has 0 aliphatic carbocycles. The van der Waals surface area contributed by atoms with E-state index in [9.17, 15) is 19.5 Å². The number of nitrogens with two attached hydrogens (primary N) is 1. The Morgan fingerprint density at radius 2 is 1.77 bits per heavy atom. The molecule has 18 heteroatoms. The number of nitrogen functional groups attached to an aromatic ring is 1. The number of rotatable bonds is 14. The number of fused-ring (bicyclic) bond motifs is 1. The number of Topliss-reactive ketones (excluding diaryl/α,β-unsaturated/α-hetero) is 1. The summed E-state index contributed by atoms with van der Waals surface area (Å²) in [6.45, 7) is 18.2. The molecule has 0 radical (unpaired) electrons. The second-order valence-electron chi connectivity index (χ2n) is 19.8. The number of ketones is 1. The first-order valence-corrected chi connectivity index (χ1v) is 24.1. The third-order valence-electron chi connectivity index (χ3n) is 14.5. The lowest BCUT2D eigenvalue weighted by Crippen LogP contribution is -2.62. The van der Waals surface area contributed by atoms with Crippen LogP contribution in [0.3, 0.4) is 0 Å². The highest BCUT2D eigenvalue weighted by molar-refractivity contribution is 6.00. The molecule has 0 bridgehead atoms. The molecule has 18 nitrogen and oxygen atoms in total. The van der Waals surface area contributed by atoms with E-state index in [-0.39, 0.29) is 24.1 Å². The molecule has 0 spiro atoms. The average Bonchev–Trinajstić information content (AvgIpc) is 3.87. The molecular formula is C48H78N8O10. The number of unbranched alkanes of at least 4 members (excludes halogenated alkanes) is 1. The molecule has 0 saturated carbocycles. The first-order valence-electron chi connectivity index (χ1n) is 24.1. The van der Waals surface area contributed by atoms with Gasteiger partial charge in [0.25, 0.3) is 0 Å². The van der Waals surface area contributed by atoms with E-state index in [0.29, 0.717) is 77.1 Å². The summed E-state index contributed by atoms with van der Waals surface area (Å²) < 4.78 is 39.6. The molecule has 4 aliphatic rings. The van der Waals surface area contributed by atoms with Crippen molar-refractivity contribution < 1.29 is 47.9 Å². The van der Waals surface area contributed by atoms with Gasteiger partial charge in [0, 0.05) is 62.5 Å². The SMILES string of the molecule is CC[C@H]1OC(=O)[C@H](C)C(=O)[C@H](C)[C@@H](O[C@@H]2OC(C)CC(N(C)C)C2O)[C@](C)(OC)C[C@@H](C)CN[C@H](CCN2CCOCC2)[C@H]2N(CCCCn3cc(-c4cccc(N)c4)nn3)C(=O)O[C@]12C. The number of aliphatic hydroxyl groups excluding tert-OH is 1. The van der Waals surface area contributed by atoms with E-state index >= 15 is 0 Å². The fourth-order valence-corrected chi connectivity index (χ4v) is 10.7.